The molecule has 0 spiro atoms. The minimum absolute atomic E-state index is 0.156. The quantitative estimate of drug-likeness (QED) is 0.389. The Morgan fingerprint density at radius 2 is 1.82 bits per heavy atom. The van der Waals surface area contributed by atoms with Crippen molar-refractivity contribution < 1.29 is 14.3 Å². The second kappa shape index (κ2) is 10.3. The number of pyridine rings is 1. The fourth-order valence-corrected chi connectivity index (χ4v) is 3.62. The summed E-state index contributed by atoms with van der Waals surface area (Å²) >= 11 is 0. The number of carbonyl (C=O) groups is 2. The maximum Gasteiger partial charge on any atom is 0.274 e. The van der Waals surface area contributed by atoms with Crippen molar-refractivity contribution in [2.24, 2.45) is 0 Å². The molecule has 0 fully saturated rings. The topological polar surface area (TPSA) is 98.1 Å². The monoisotopic (exact) mass is 457 g/mol. The number of ether oxygens (including phenoxy) is 1. The van der Waals surface area contributed by atoms with Crippen molar-refractivity contribution in [3.63, 3.8) is 0 Å². The molecule has 0 radical (unpaired) electrons. The molecule has 0 saturated carbocycles. The number of amides is 2. The van der Waals surface area contributed by atoms with Crippen LogP contribution in [-0.2, 0) is 11.3 Å². The zero-order valence-corrected chi connectivity index (χ0v) is 19.5. The lowest BCUT2D eigenvalue weighted by Crippen LogP contribution is -2.28. The molecule has 0 saturated heterocycles. The molecule has 2 aromatic carbocycles. The Morgan fingerprint density at radius 3 is 2.56 bits per heavy atom. The molecule has 0 bridgehead atoms. The van der Waals surface area contributed by atoms with E-state index in [2.05, 4.69) is 15.7 Å². The largest absolute Gasteiger partial charge is 0.383 e. The number of hydrogen-bond donors (Lipinski definition) is 2. The Labute approximate surface area is 198 Å². The van der Waals surface area contributed by atoms with Gasteiger partial charge >= 0.3 is 0 Å². The van der Waals surface area contributed by atoms with Gasteiger partial charge in [-0.15, -0.1) is 0 Å². The zero-order chi connectivity index (χ0) is 24.1. The summed E-state index contributed by atoms with van der Waals surface area (Å²) in [6.07, 6.45) is 1.66. The molecule has 0 atom stereocenters. The van der Waals surface area contributed by atoms with E-state index in [1.54, 1.807) is 24.1 Å². The van der Waals surface area contributed by atoms with Crippen LogP contribution in [0.1, 0.15) is 33.3 Å². The van der Waals surface area contributed by atoms with Crippen molar-refractivity contribution in [2.45, 2.75) is 20.4 Å². The van der Waals surface area contributed by atoms with Gasteiger partial charge in [0.2, 0.25) is 0 Å². The molecule has 0 aliphatic carbocycles. The summed E-state index contributed by atoms with van der Waals surface area (Å²) in [6, 6.07) is 17.3. The van der Waals surface area contributed by atoms with E-state index in [9.17, 15) is 9.59 Å². The minimum Gasteiger partial charge on any atom is -0.383 e. The van der Waals surface area contributed by atoms with Crippen LogP contribution in [-0.4, -0.2) is 46.8 Å². The van der Waals surface area contributed by atoms with E-state index in [4.69, 9.17) is 9.72 Å². The average Bonchev–Trinajstić information content (AvgIpc) is 3.26. The highest BCUT2D eigenvalue weighted by Crippen LogP contribution is 2.26. The molecule has 2 amide bonds. The van der Waals surface area contributed by atoms with Gasteiger partial charge in [-0.3, -0.25) is 14.3 Å². The van der Waals surface area contributed by atoms with Gasteiger partial charge in [0.05, 0.1) is 29.1 Å². The summed E-state index contributed by atoms with van der Waals surface area (Å²) in [6.45, 7) is 5.22. The van der Waals surface area contributed by atoms with Gasteiger partial charge < -0.3 is 15.4 Å². The maximum atomic E-state index is 13.5. The molecule has 0 aliphatic heterocycles. The van der Waals surface area contributed by atoms with E-state index < -0.39 is 0 Å². The lowest BCUT2D eigenvalue weighted by atomic mass is 10.0. The number of aryl methyl sites for hydroxylation is 2. The minimum atomic E-state index is -0.375. The predicted octanol–water partition coefficient (Wildman–Crippen LogP) is 4.06. The van der Waals surface area contributed by atoms with Gasteiger partial charge in [0, 0.05) is 37.3 Å². The number of methoxy groups -OCH3 is 1. The third-order valence-electron chi connectivity index (χ3n) is 5.45. The van der Waals surface area contributed by atoms with Crippen LogP contribution < -0.4 is 10.6 Å². The first kappa shape index (κ1) is 23.1. The molecule has 2 N–H and O–H groups in total. The van der Waals surface area contributed by atoms with Crippen LogP contribution in [0.5, 0.6) is 0 Å². The van der Waals surface area contributed by atoms with Gasteiger partial charge in [-0.25, -0.2) is 4.98 Å². The zero-order valence-electron chi connectivity index (χ0n) is 19.5. The maximum absolute atomic E-state index is 13.5. The number of anilines is 1. The highest BCUT2D eigenvalue weighted by atomic mass is 16.5. The number of rotatable bonds is 8. The number of nitrogens with zero attached hydrogens (tertiary/aromatic N) is 3. The number of fused-ring (bicyclic) bond motifs is 1. The second-order valence-electron chi connectivity index (χ2n) is 7.89. The van der Waals surface area contributed by atoms with E-state index in [1.807, 2.05) is 62.4 Å². The Hall–Kier alpha value is -4.04. The first-order valence-corrected chi connectivity index (χ1v) is 11.1. The van der Waals surface area contributed by atoms with Crippen molar-refractivity contribution in [2.75, 3.05) is 25.6 Å². The molecule has 2 heterocycles. The third kappa shape index (κ3) is 4.97. The molecule has 8 nitrogen and oxygen atoms in total. The molecular formula is C26H27N5O3. The number of benzene rings is 2. The summed E-state index contributed by atoms with van der Waals surface area (Å²) in [5.74, 6) is -0.715. The number of nitrogens with one attached hydrogen (secondary N) is 2. The van der Waals surface area contributed by atoms with Crippen molar-refractivity contribution >= 4 is 28.4 Å². The van der Waals surface area contributed by atoms with Gasteiger partial charge in [-0.05, 0) is 26.0 Å². The predicted molar refractivity (Wildman–Crippen MR) is 132 cm³/mol. The lowest BCUT2D eigenvalue weighted by molar-refractivity contribution is 0.0932. The van der Waals surface area contributed by atoms with Crippen LogP contribution in [0.3, 0.4) is 0 Å². The Balaban J connectivity index is 1.70. The van der Waals surface area contributed by atoms with Crippen LogP contribution in [0, 0.1) is 6.92 Å². The summed E-state index contributed by atoms with van der Waals surface area (Å²) < 4.78 is 6.60. The lowest BCUT2D eigenvalue weighted by Gasteiger charge is -2.11. The SMILES string of the molecule is CCn1cc(NC(=O)c2cc(-c3ccc(C)cc3)nc3ccccc23)c(C(=O)NCCOC)n1. The summed E-state index contributed by atoms with van der Waals surface area (Å²) in [4.78, 5) is 30.9. The third-order valence-corrected chi connectivity index (χ3v) is 5.45. The molecule has 0 unspecified atom stereocenters. The average molecular weight is 458 g/mol. The van der Waals surface area contributed by atoms with E-state index in [-0.39, 0.29) is 17.5 Å². The van der Waals surface area contributed by atoms with Crippen molar-refractivity contribution in [1.29, 1.82) is 0 Å². The van der Waals surface area contributed by atoms with E-state index in [0.29, 0.717) is 42.2 Å². The van der Waals surface area contributed by atoms with Crippen LogP contribution in [0.15, 0.2) is 60.8 Å². The Morgan fingerprint density at radius 1 is 1.06 bits per heavy atom. The van der Waals surface area contributed by atoms with Gasteiger partial charge in [-0.2, -0.15) is 5.10 Å². The van der Waals surface area contributed by atoms with Crippen LogP contribution >= 0.6 is 0 Å². The first-order chi connectivity index (χ1) is 16.5. The summed E-state index contributed by atoms with van der Waals surface area (Å²) in [5.41, 5.74) is 4.45. The number of aromatic nitrogens is 3. The molecule has 34 heavy (non-hydrogen) atoms. The molecule has 8 heteroatoms. The molecule has 174 valence electrons. The fourth-order valence-electron chi connectivity index (χ4n) is 3.62. The molecule has 4 aromatic rings. The second-order valence-corrected chi connectivity index (χ2v) is 7.89. The highest BCUT2D eigenvalue weighted by Gasteiger charge is 2.21. The Kier molecular flexibility index (Phi) is 6.98. The Bertz CT molecular complexity index is 1330. The molecule has 4 rings (SSSR count). The van der Waals surface area contributed by atoms with Gasteiger partial charge in [0.1, 0.15) is 0 Å². The fraction of sp³-hybridized carbons (Fsp3) is 0.231. The van der Waals surface area contributed by atoms with Crippen LogP contribution in [0.25, 0.3) is 22.2 Å². The highest BCUT2D eigenvalue weighted by molar-refractivity contribution is 6.14. The molecule has 0 aliphatic rings. The van der Waals surface area contributed by atoms with E-state index in [0.717, 1.165) is 16.5 Å². The van der Waals surface area contributed by atoms with Crippen LogP contribution in [0.2, 0.25) is 0 Å². The number of para-hydroxylation sites is 1. The standard InChI is InChI=1S/C26H27N5O3/c1-4-31-16-23(24(30-31)26(33)27-13-14-34-3)29-25(32)20-15-22(18-11-9-17(2)10-12-18)28-21-8-6-5-7-19(20)21/h5-12,15-16H,4,13-14H2,1-3H3,(H,27,33)(H,29,32). The van der Waals surface area contributed by atoms with Crippen LogP contribution in [0.4, 0.5) is 5.69 Å². The summed E-state index contributed by atoms with van der Waals surface area (Å²) in [5, 5.41) is 10.7. The normalized spacial score (nSPS) is 10.9. The van der Waals surface area contributed by atoms with E-state index in [1.165, 1.54) is 0 Å². The molecular weight excluding hydrogens is 430 g/mol. The van der Waals surface area contributed by atoms with Gasteiger partial charge in [-0.1, -0.05) is 48.0 Å². The first-order valence-electron chi connectivity index (χ1n) is 11.1. The smallest absolute Gasteiger partial charge is 0.274 e. The summed E-state index contributed by atoms with van der Waals surface area (Å²) in [7, 11) is 1.56. The number of carbonyl (C=O) groups excluding carboxylic acids is 2. The van der Waals surface area contributed by atoms with E-state index >= 15 is 0 Å². The van der Waals surface area contributed by atoms with Gasteiger partial charge in [0.25, 0.3) is 11.8 Å². The number of hydrogen-bond acceptors (Lipinski definition) is 5. The molecule has 2 aromatic heterocycles. The van der Waals surface area contributed by atoms with Crippen molar-refractivity contribution in [3.05, 3.63) is 77.6 Å². The van der Waals surface area contributed by atoms with Gasteiger partial charge in [0.15, 0.2) is 5.69 Å². The van der Waals surface area contributed by atoms with Crippen molar-refractivity contribution in [1.82, 2.24) is 20.1 Å². The van der Waals surface area contributed by atoms with Crippen molar-refractivity contribution in [3.8, 4) is 11.3 Å².